The molecule has 56 heavy (non-hydrogen) atoms. The number of fused-ring (bicyclic) bond motifs is 9. The van der Waals surface area contributed by atoms with E-state index in [1.165, 1.54) is 76.8 Å². The molecule has 0 unspecified atom stereocenters. The second-order valence-corrected chi connectivity index (χ2v) is 16.6. The number of nitrogen functional groups attached to an aromatic ring is 1. The minimum absolute atomic E-state index is 0.138. The van der Waals surface area contributed by atoms with Crippen molar-refractivity contribution in [2.75, 3.05) is 5.73 Å². The molecule has 9 aromatic carbocycles. The van der Waals surface area contributed by atoms with Crippen molar-refractivity contribution in [1.82, 2.24) is 0 Å². The van der Waals surface area contributed by atoms with E-state index in [0.29, 0.717) is 11.5 Å². The van der Waals surface area contributed by atoms with Gasteiger partial charge in [0.2, 0.25) is 0 Å². The topological polar surface area (TPSA) is 76.8 Å². The number of hydrogen-bond acceptors (Lipinski definition) is 3. The summed E-state index contributed by atoms with van der Waals surface area (Å²) in [5.74, 6) is 0.463. The number of para-hydroxylation sites is 3. The SMILES string of the molecule is CC1(C)c2cc3c(cc2-c2c1ccc1ccccc21)C(C)(C)c1cc2ccc4c(/C(N)=N/c5ccccc5)cc(/C=N/c5ccccc5N)c5ccc(c1-3)c2c54. The second kappa shape index (κ2) is 11.4. The minimum Gasteiger partial charge on any atom is -0.397 e. The van der Waals surface area contributed by atoms with E-state index < -0.39 is 0 Å². The van der Waals surface area contributed by atoms with Crippen LogP contribution < -0.4 is 11.5 Å². The number of nitrogens with two attached hydrogens (primary N) is 2. The van der Waals surface area contributed by atoms with E-state index in [0.717, 1.165) is 33.3 Å². The van der Waals surface area contributed by atoms with Crippen LogP contribution in [-0.2, 0) is 10.8 Å². The van der Waals surface area contributed by atoms with Crippen molar-refractivity contribution in [2.24, 2.45) is 15.7 Å². The van der Waals surface area contributed by atoms with Gasteiger partial charge in [0.1, 0.15) is 5.84 Å². The Balaban J connectivity index is 1.20. The van der Waals surface area contributed by atoms with Gasteiger partial charge in [-0.2, -0.15) is 0 Å². The number of hydrogen-bond donors (Lipinski definition) is 2. The molecule has 0 radical (unpaired) electrons. The lowest BCUT2D eigenvalue weighted by Crippen LogP contribution is -2.17. The summed E-state index contributed by atoms with van der Waals surface area (Å²) in [5, 5.41) is 9.67. The summed E-state index contributed by atoms with van der Waals surface area (Å²) in [6, 6.07) is 49.8. The summed E-state index contributed by atoms with van der Waals surface area (Å²) in [5.41, 5.74) is 27.9. The lowest BCUT2D eigenvalue weighted by Gasteiger charge is -2.24. The van der Waals surface area contributed by atoms with Crippen molar-refractivity contribution >= 4 is 72.2 Å². The van der Waals surface area contributed by atoms with Crippen molar-refractivity contribution in [3.63, 3.8) is 0 Å². The highest BCUT2D eigenvalue weighted by Gasteiger charge is 2.43. The third kappa shape index (κ3) is 4.41. The van der Waals surface area contributed by atoms with E-state index in [9.17, 15) is 0 Å². The standard InChI is InChI=1S/C52H40N4/c1-51(2)40-23-19-29-12-8-9-15-33(29)47(40)38-26-42-39(27-41(38)51)48-36-22-21-34-31(28-55-45-17-11-10-16-44(45)53)24-37(50(54)56-32-13-6-5-7-14-32)35-20-18-30(46(36)49(34)35)25-43(48)52(42,3)4/h5-28H,53H2,1-4H3,(H2,54,56)/b55-28+. The fourth-order valence-corrected chi connectivity index (χ4v) is 9.97. The van der Waals surface area contributed by atoms with Crippen LogP contribution in [0.25, 0.3) is 65.3 Å². The number of nitrogens with zero attached hydrogens (tertiary/aromatic N) is 2. The highest BCUT2D eigenvalue weighted by atomic mass is 14.9. The summed E-state index contributed by atoms with van der Waals surface area (Å²) < 4.78 is 0. The molecule has 268 valence electrons. The fraction of sp³-hybridized carbons (Fsp3) is 0.115. The number of amidine groups is 1. The Morgan fingerprint density at radius 3 is 1.96 bits per heavy atom. The molecule has 2 aliphatic rings. The predicted molar refractivity (Wildman–Crippen MR) is 238 cm³/mol. The van der Waals surface area contributed by atoms with Gasteiger partial charge < -0.3 is 11.5 Å². The summed E-state index contributed by atoms with van der Waals surface area (Å²) in [4.78, 5) is 9.81. The summed E-state index contributed by atoms with van der Waals surface area (Å²) in [6.45, 7) is 9.57. The van der Waals surface area contributed by atoms with Crippen LogP contribution in [0.5, 0.6) is 0 Å². The van der Waals surface area contributed by atoms with Crippen molar-refractivity contribution in [3.8, 4) is 22.3 Å². The van der Waals surface area contributed by atoms with Crippen LogP contribution in [0.1, 0.15) is 61.1 Å². The van der Waals surface area contributed by atoms with Crippen LogP contribution in [0.4, 0.5) is 17.1 Å². The third-order valence-electron chi connectivity index (χ3n) is 12.8. The number of aliphatic imine (C=N–C) groups is 2. The van der Waals surface area contributed by atoms with Gasteiger partial charge in [0.15, 0.2) is 0 Å². The highest BCUT2D eigenvalue weighted by Crippen LogP contribution is 2.59. The van der Waals surface area contributed by atoms with Crippen molar-refractivity contribution in [3.05, 3.63) is 173 Å². The first-order valence-electron chi connectivity index (χ1n) is 19.4. The van der Waals surface area contributed by atoms with Gasteiger partial charge in [0.25, 0.3) is 0 Å². The Kier molecular flexibility index (Phi) is 6.63. The molecule has 0 aliphatic heterocycles. The lowest BCUT2D eigenvalue weighted by atomic mass is 9.79. The molecule has 0 bridgehead atoms. The van der Waals surface area contributed by atoms with Gasteiger partial charge in [-0.25, -0.2) is 4.99 Å². The van der Waals surface area contributed by atoms with E-state index >= 15 is 0 Å². The average Bonchev–Trinajstić information content (AvgIpc) is 3.57. The first-order chi connectivity index (χ1) is 27.1. The molecule has 0 saturated heterocycles. The van der Waals surface area contributed by atoms with Gasteiger partial charge in [-0.3, -0.25) is 4.99 Å². The van der Waals surface area contributed by atoms with Crippen LogP contribution in [-0.4, -0.2) is 12.1 Å². The number of anilines is 1. The molecule has 0 fully saturated rings. The zero-order valence-corrected chi connectivity index (χ0v) is 31.9. The number of benzene rings is 9. The smallest absolute Gasteiger partial charge is 0.131 e. The summed E-state index contributed by atoms with van der Waals surface area (Å²) in [6.07, 6.45) is 1.92. The molecule has 4 nitrogen and oxygen atoms in total. The maximum Gasteiger partial charge on any atom is 0.131 e. The Morgan fingerprint density at radius 2 is 1.18 bits per heavy atom. The van der Waals surface area contributed by atoms with E-state index in [1.807, 2.05) is 60.8 Å². The van der Waals surface area contributed by atoms with E-state index in [-0.39, 0.29) is 10.8 Å². The maximum absolute atomic E-state index is 6.95. The van der Waals surface area contributed by atoms with Crippen LogP contribution in [0.2, 0.25) is 0 Å². The van der Waals surface area contributed by atoms with Gasteiger partial charge in [0, 0.05) is 28.2 Å². The molecule has 0 saturated carbocycles. The maximum atomic E-state index is 6.95. The molecule has 11 rings (SSSR count). The molecule has 9 aromatic rings. The Bertz CT molecular complexity index is 3200. The van der Waals surface area contributed by atoms with Crippen molar-refractivity contribution in [2.45, 2.75) is 38.5 Å². The zero-order chi connectivity index (χ0) is 38.1. The first-order valence-corrected chi connectivity index (χ1v) is 19.4. The summed E-state index contributed by atoms with van der Waals surface area (Å²) in [7, 11) is 0. The predicted octanol–water partition coefficient (Wildman–Crippen LogP) is 12.7. The molecular weight excluding hydrogens is 681 g/mol. The minimum atomic E-state index is -0.201. The quantitative estimate of drug-likeness (QED) is 0.0822. The molecule has 0 aromatic heterocycles. The van der Waals surface area contributed by atoms with Crippen LogP contribution >= 0.6 is 0 Å². The van der Waals surface area contributed by atoms with Crippen LogP contribution in [0.15, 0.2) is 150 Å². The molecule has 2 aliphatic carbocycles. The Labute approximate surface area is 326 Å². The summed E-state index contributed by atoms with van der Waals surface area (Å²) >= 11 is 0. The second-order valence-electron chi connectivity index (χ2n) is 16.6. The molecule has 0 heterocycles. The third-order valence-corrected chi connectivity index (χ3v) is 12.8. The largest absolute Gasteiger partial charge is 0.397 e. The highest BCUT2D eigenvalue weighted by molar-refractivity contribution is 6.31. The molecular formula is C52H40N4. The fourth-order valence-electron chi connectivity index (χ4n) is 9.97. The normalized spacial score (nSPS) is 15.2. The Morgan fingerprint density at radius 1 is 0.536 bits per heavy atom. The molecule has 0 amide bonds. The van der Waals surface area contributed by atoms with Gasteiger partial charge in [-0.05, 0) is 136 Å². The molecule has 4 heteroatoms. The average molecular weight is 721 g/mol. The molecule has 4 N–H and O–H groups in total. The van der Waals surface area contributed by atoms with Crippen LogP contribution in [0.3, 0.4) is 0 Å². The molecule has 0 atom stereocenters. The zero-order valence-electron chi connectivity index (χ0n) is 31.9. The lowest BCUT2D eigenvalue weighted by molar-refractivity contribution is 0.652. The first kappa shape index (κ1) is 32.6. The van der Waals surface area contributed by atoms with Crippen molar-refractivity contribution in [1.29, 1.82) is 0 Å². The van der Waals surface area contributed by atoms with E-state index in [2.05, 4.69) is 113 Å². The molecule has 0 spiro atoms. The number of rotatable bonds is 4. The van der Waals surface area contributed by atoms with Gasteiger partial charge >= 0.3 is 0 Å². The van der Waals surface area contributed by atoms with Gasteiger partial charge in [-0.1, -0.05) is 119 Å². The van der Waals surface area contributed by atoms with Gasteiger partial charge in [-0.15, -0.1) is 0 Å². The van der Waals surface area contributed by atoms with Crippen LogP contribution in [0, 0.1) is 0 Å². The van der Waals surface area contributed by atoms with E-state index in [4.69, 9.17) is 21.5 Å². The van der Waals surface area contributed by atoms with E-state index in [1.54, 1.807) is 0 Å². The van der Waals surface area contributed by atoms with Gasteiger partial charge in [0.05, 0.1) is 17.1 Å². The Hall–Kier alpha value is -6.78. The monoisotopic (exact) mass is 720 g/mol. The van der Waals surface area contributed by atoms with Crippen molar-refractivity contribution < 1.29 is 0 Å².